The van der Waals surface area contributed by atoms with Gasteiger partial charge < -0.3 is 10.4 Å². The largest absolute Gasteiger partial charge is 0.478 e. The number of hydrogen-bond donors (Lipinski definition) is 2. The van der Waals surface area contributed by atoms with Crippen LogP contribution in [0, 0.1) is 24.0 Å². The minimum Gasteiger partial charge on any atom is -0.478 e. The number of anilines is 2. The van der Waals surface area contributed by atoms with Crippen LogP contribution in [0.15, 0.2) is 30.5 Å². The van der Waals surface area contributed by atoms with Crippen molar-refractivity contribution in [1.82, 2.24) is 4.98 Å². The lowest BCUT2D eigenvalue weighted by atomic mass is 10.1. The number of aromatic carboxylic acids is 1. The fourth-order valence-corrected chi connectivity index (χ4v) is 1.89. The van der Waals surface area contributed by atoms with Gasteiger partial charge in [-0.05, 0) is 37.6 Å². The number of benzene rings is 1. The van der Waals surface area contributed by atoms with Crippen LogP contribution in [0.5, 0.6) is 0 Å². The van der Waals surface area contributed by atoms with Crippen molar-refractivity contribution in [1.29, 1.82) is 0 Å². The summed E-state index contributed by atoms with van der Waals surface area (Å²) < 4.78 is 0. The Hall–Kier alpha value is -2.96. The molecule has 0 unspecified atom stereocenters. The molecule has 1 heterocycles. The standard InChI is InChI=1S/C14H13N3O4/c1-8-3-4-10(6-11(8)14(18)19)16-13-5-9(2)12(7-15-13)17(20)21/h3-7H,1-2H3,(H,15,16)(H,18,19). The van der Waals surface area contributed by atoms with Crippen molar-refractivity contribution in [3.8, 4) is 0 Å². The van der Waals surface area contributed by atoms with E-state index in [0.29, 0.717) is 22.6 Å². The number of carbonyl (C=O) groups is 1. The smallest absolute Gasteiger partial charge is 0.336 e. The van der Waals surface area contributed by atoms with E-state index in [9.17, 15) is 14.9 Å². The summed E-state index contributed by atoms with van der Waals surface area (Å²) in [5, 5.41) is 22.7. The number of carboxylic acid groups (broad SMARTS) is 1. The van der Waals surface area contributed by atoms with Crippen LogP contribution >= 0.6 is 0 Å². The van der Waals surface area contributed by atoms with Crippen molar-refractivity contribution in [2.24, 2.45) is 0 Å². The predicted octanol–water partition coefficient (Wildman–Crippen LogP) is 3.05. The van der Waals surface area contributed by atoms with Gasteiger partial charge in [-0.15, -0.1) is 0 Å². The molecule has 1 aromatic carbocycles. The summed E-state index contributed by atoms with van der Waals surface area (Å²) >= 11 is 0. The molecule has 21 heavy (non-hydrogen) atoms. The van der Waals surface area contributed by atoms with Crippen molar-refractivity contribution >= 4 is 23.2 Å². The first-order chi connectivity index (χ1) is 9.88. The molecule has 7 nitrogen and oxygen atoms in total. The Morgan fingerprint density at radius 3 is 2.57 bits per heavy atom. The summed E-state index contributed by atoms with van der Waals surface area (Å²) in [6, 6.07) is 6.44. The number of aromatic nitrogens is 1. The number of rotatable bonds is 4. The highest BCUT2D eigenvalue weighted by Gasteiger charge is 2.12. The second-order valence-corrected chi connectivity index (χ2v) is 4.57. The fourth-order valence-electron chi connectivity index (χ4n) is 1.89. The average molecular weight is 287 g/mol. The molecule has 2 N–H and O–H groups in total. The zero-order chi connectivity index (χ0) is 15.6. The summed E-state index contributed by atoms with van der Waals surface area (Å²) in [5.74, 6) is -0.595. The van der Waals surface area contributed by atoms with Gasteiger partial charge >= 0.3 is 5.97 Å². The summed E-state index contributed by atoms with van der Waals surface area (Å²) in [5.41, 5.74) is 1.82. The fraction of sp³-hybridized carbons (Fsp3) is 0.143. The maximum absolute atomic E-state index is 11.1. The molecule has 0 radical (unpaired) electrons. The first-order valence-electron chi connectivity index (χ1n) is 6.10. The Morgan fingerprint density at radius 2 is 2.00 bits per heavy atom. The third-order valence-corrected chi connectivity index (χ3v) is 3.02. The van der Waals surface area contributed by atoms with Crippen LogP contribution in [-0.2, 0) is 0 Å². The first kappa shape index (κ1) is 14.4. The highest BCUT2D eigenvalue weighted by molar-refractivity contribution is 5.90. The molecule has 0 aliphatic carbocycles. The third-order valence-electron chi connectivity index (χ3n) is 3.02. The van der Waals surface area contributed by atoms with Gasteiger partial charge in [-0.1, -0.05) is 6.07 Å². The van der Waals surface area contributed by atoms with Gasteiger partial charge in [0.2, 0.25) is 0 Å². The first-order valence-corrected chi connectivity index (χ1v) is 6.10. The molecule has 0 fully saturated rings. The molecule has 108 valence electrons. The highest BCUT2D eigenvalue weighted by Crippen LogP contribution is 2.23. The number of pyridine rings is 1. The number of hydrogen-bond acceptors (Lipinski definition) is 5. The van der Waals surface area contributed by atoms with Crippen LogP contribution in [0.3, 0.4) is 0 Å². The van der Waals surface area contributed by atoms with Crippen LogP contribution in [0.25, 0.3) is 0 Å². The molecule has 0 bridgehead atoms. The van der Waals surface area contributed by atoms with E-state index in [4.69, 9.17) is 5.11 Å². The Morgan fingerprint density at radius 1 is 1.29 bits per heavy atom. The van der Waals surface area contributed by atoms with Crippen molar-refractivity contribution in [2.45, 2.75) is 13.8 Å². The lowest BCUT2D eigenvalue weighted by Gasteiger charge is -2.08. The number of nitrogens with one attached hydrogen (secondary N) is 1. The van der Waals surface area contributed by atoms with E-state index in [1.807, 2.05) is 0 Å². The topological polar surface area (TPSA) is 105 Å². The van der Waals surface area contributed by atoms with Crippen LogP contribution in [0.4, 0.5) is 17.2 Å². The Kier molecular flexibility index (Phi) is 3.84. The van der Waals surface area contributed by atoms with E-state index in [1.54, 1.807) is 32.0 Å². The predicted molar refractivity (Wildman–Crippen MR) is 77.0 cm³/mol. The minimum atomic E-state index is -1.01. The molecule has 2 rings (SSSR count). The summed E-state index contributed by atoms with van der Waals surface area (Å²) in [6.45, 7) is 3.32. The molecule has 2 aromatic rings. The van der Waals surface area contributed by atoms with Gasteiger partial charge in [0.15, 0.2) is 0 Å². The van der Waals surface area contributed by atoms with Crippen LogP contribution < -0.4 is 5.32 Å². The van der Waals surface area contributed by atoms with Crippen LogP contribution in [0.2, 0.25) is 0 Å². The molecule has 0 saturated carbocycles. The molecule has 7 heteroatoms. The van der Waals surface area contributed by atoms with E-state index in [2.05, 4.69) is 10.3 Å². The van der Waals surface area contributed by atoms with Crippen LogP contribution in [-0.4, -0.2) is 21.0 Å². The molecule has 0 amide bonds. The lowest BCUT2D eigenvalue weighted by Crippen LogP contribution is -2.02. The van der Waals surface area contributed by atoms with Gasteiger partial charge in [-0.3, -0.25) is 10.1 Å². The molecule has 0 atom stereocenters. The van der Waals surface area contributed by atoms with Crippen molar-refractivity contribution in [3.05, 3.63) is 57.3 Å². The van der Waals surface area contributed by atoms with Crippen molar-refractivity contribution in [3.63, 3.8) is 0 Å². The second kappa shape index (κ2) is 5.58. The van der Waals surface area contributed by atoms with E-state index in [0.717, 1.165) is 0 Å². The number of aryl methyl sites for hydroxylation is 2. The third kappa shape index (κ3) is 3.14. The maximum Gasteiger partial charge on any atom is 0.336 e. The number of nitrogens with zero attached hydrogens (tertiary/aromatic N) is 2. The highest BCUT2D eigenvalue weighted by atomic mass is 16.6. The number of nitro groups is 1. The zero-order valence-corrected chi connectivity index (χ0v) is 11.5. The van der Waals surface area contributed by atoms with Gasteiger partial charge in [0.1, 0.15) is 12.0 Å². The van der Waals surface area contributed by atoms with Gasteiger partial charge in [-0.25, -0.2) is 9.78 Å². The zero-order valence-electron chi connectivity index (χ0n) is 11.5. The molecule has 1 aromatic heterocycles. The van der Waals surface area contributed by atoms with E-state index in [1.165, 1.54) is 12.3 Å². The summed E-state index contributed by atoms with van der Waals surface area (Å²) in [6.07, 6.45) is 1.17. The maximum atomic E-state index is 11.1. The van der Waals surface area contributed by atoms with Crippen molar-refractivity contribution in [2.75, 3.05) is 5.32 Å². The van der Waals surface area contributed by atoms with Gasteiger partial charge in [-0.2, -0.15) is 0 Å². The molecule has 0 spiro atoms. The Labute approximate surface area is 120 Å². The summed E-state index contributed by atoms with van der Waals surface area (Å²) in [7, 11) is 0. The molecule has 0 aliphatic rings. The summed E-state index contributed by atoms with van der Waals surface area (Å²) in [4.78, 5) is 25.3. The monoisotopic (exact) mass is 287 g/mol. The molecule has 0 aliphatic heterocycles. The van der Waals surface area contributed by atoms with E-state index < -0.39 is 10.9 Å². The SMILES string of the molecule is Cc1ccc(Nc2cc(C)c([N+](=O)[O-])cn2)cc1C(=O)O. The average Bonchev–Trinajstić information content (AvgIpc) is 2.40. The second-order valence-electron chi connectivity index (χ2n) is 4.57. The Balaban J connectivity index is 2.30. The Bertz CT molecular complexity index is 728. The van der Waals surface area contributed by atoms with E-state index in [-0.39, 0.29) is 11.3 Å². The lowest BCUT2D eigenvalue weighted by molar-refractivity contribution is -0.385. The van der Waals surface area contributed by atoms with Crippen molar-refractivity contribution < 1.29 is 14.8 Å². The quantitative estimate of drug-likeness (QED) is 0.661. The minimum absolute atomic E-state index is 0.0596. The van der Waals surface area contributed by atoms with E-state index >= 15 is 0 Å². The van der Waals surface area contributed by atoms with Gasteiger partial charge in [0.05, 0.1) is 10.5 Å². The normalized spacial score (nSPS) is 10.2. The van der Waals surface area contributed by atoms with Gasteiger partial charge in [0, 0.05) is 11.3 Å². The molecule has 0 saturated heterocycles. The van der Waals surface area contributed by atoms with Gasteiger partial charge in [0.25, 0.3) is 5.69 Å². The molecular weight excluding hydrogens is 274 g/mol. The van der Waals surface area contributed by atoms with Crippen LogP contribution in [0.1, 0.15) is 21.5 Å². The molecular formula is C14H13N3O4. The number of carboxylic acids is 1.